The summed E-state index contributed by atoms with van der Waals surface area (Å²) < 4.78 is 27.5. The summed E-state index contributed by atoms with van der Waals surface area (Å²) in [7, 11) is -3.58. The molecule has 0 aliphatic carbocycles. The van der Waals surface area contributed by atoms with E-state index in [1.54, 1.807) is 30.3 Å². The van der Waals surface area contributed by atoms with Gasteiger partial charge in [0.1, 0.15) is 0 Å². The highest BCUT2D eigenvalue weighted by Gasteiger charge is 2.23. The molecule has 0 aromatic heterocycles. The normalized spacial score (nSPS) is 11.6. The molecule has 5 nitrogen and oxygen atoms in total. The van der Waals surface area contributed by atoms with Crippen LogP contribution in [0.4, 0.5) is 5.69 Å². The number of carbonyl (C=O) groups is 1. The van der Waals surface area contributed by atoms with Crippen LogP contribution in [0.2, 0.25) is 10.0 Å². The highest BCUT2D eigenvalue weighted by atomic mass is 35.5. The van der Waals surface area contributed by atoms with Crippen LogP contribution >= 0.6 is 23.2 Å². The minimum atomic E-state index is -3.58. The first kappa shape index (κ1) is 23.7. The number of benzene rings is 2. The van der Waals surface area contributed by atoms with Gasteiger partial charge >= 0.3 is 0 Å². The molecule has 1 N–H and O–H groups in total. The molecule has 0 aliphatic heterocycles. The molecule has 1 amide bonds. The molecule has 158 valence electrons. The van der Waals surface area contributed by atoms with E-state index < -0.39 is 15.9 Å². The molecule has 2 aromatic carbocycles. The van der Waals surface area contributed by atoms with Gasteiger partial charge in [0.25, 0.3) is 5.91 Å². The van der Waals surface area contributed by atoms with Crippen molar-refractivity contribution in [3.05, 3.63) is 58.1 Å². The second-order valence-corrected chi connectivity index (χ2v) is 9.44. The summed E-state index contributed by atoms with van der Waals surface area (Å²) in [6.07, 6.45) is 3.48. The molecule has 0 saturated carbocycles. The Bertz CT molecular complexity index is 903. The maximum absolute atomic E-state index is 13.0. The minimum absolute atomic E-state index is 0.179. The summed E-state index contributed by atoms with van der Waals surface area (Å²) in [4.78, 5) is 12.7. The van der Waals surface area contributed by atoms with Crippen LogP contribution in [0.3, 0.4) is 0 Å². The fourth-order valence-corrected chi connectivity index (χ4v) is 4.87. The zero-order valence-electron chi connectivity index (χ0n) is 16.6. The van der Waals surface area contributed by atoms with Gasteiger partial charge in [-0.05, 0) is 49.2 Å². The van der Waals surface area contributed by atoms with Crippen molar-refractivity contribution in [1.82, 2.24) is 4.31 Å². The quantitative estimate of drug-likeness (QED) is 0.488. The lowest BCUT2D eigenvalue weighted by molar-refractivity contribution is 0.102. The van der Waals surface area contributed by atoms with E-state index in [1.165, 1.54) is 16.4 Å². The molecule has 2 rings (SSSR count). The largest absolute Gasteiger partial charge is 0.322 e. The van der Waals surface area contributed by atoms with E-state index in [0.29, 0.717) is 18.8 Å². The van der Waals surface area contributed by atoms with Crippen LogP contribution in [0.5, 0.6) is 0 Å². The van der Waals surface area contributed by atoms with Crippen LogP contribution in [0.15, 0.2) is 47.4 Å². The van der Waals surface area contributed by atoms with Crippen LogP contribution in [-0.4, -0.2) is 31.7 Å². The number of unbranched alkanes of at least 4 members (excludes halogenated alkanes) is 2. The van der Waals surface area contributed by atoms with E-state index in [0.717, 1.165) is 25.7 Å². The second-order valence-electron chi connectivity index (χ2n) is 6.69. The number of carbonyl (C=O) groups excluding carboxylic acids is 1. The van der Waals surface area contributed by atoms with Crippen LogP contribution in [-0.2, 0) is 10.0 Å². The van der Waals surface area contributed by atoms with E-state index >= 15 is 0 Å². The predicted octanol–water partition coefficient (Wildman–Crippen LogP) is 5.84. The zero-order valence-corrected chi connectivity index (χ0v) is 18.9. The molecule has 29 heavy (non-hydrogen) atoms. The van der Waals surface area contributed by atoms with E-state index in [-0.39, 0.29) is 20.5 Å². The van der Waals surface area contributed by atoms with Gasteiger partial charge in [0.2, 0.25) is 10.0 Å². The van der Waals surface area contributed by atoms with Gasteiger partial charge in [-0.15, -0.1) is 0 Å². The summed E-state index contributed by atoms with van der Waals surface area (Å²) in [5, 5.41) is 3.19. The van der Waals surface area contributed by atoms with Crippen LogP contribution in [0.25, 0.3) is 0 Å². The van der Waals surface area contributed by atoms with Crippen molar-refractivity contribution in [3.8, 4) is 0 Å². The molecule has 2 aromatic rings. The Morgan fingerprint density at radius 3 is 1.93 bits per heavy atom. The second kappa shape index (κ2) is 11.0. The van der Waals surface area contributed by atoms with Gasteiger partial charge in [0.05, 0.1) is 20.5 Å². The molecule has 0 radical (unpaired) electrons. The fraction of sp³-hybridized carbons (Fsp3) is 0.381. The third-order valence-corrected chi connectivity index (χ3v) is 7.00. The number of rotatable bonds is 10. The van der Waals surface area contributed by atoms with Gasteiger partial charge < -0.3 is 5.32 Å². The van der Waals surface area contributed by atoms with Crippen LogP contribution in [0, 0.1) is 0 Å². The summed E-state index contributed by atoms with van der Waals surface area (Å²) >= 11 is 12.1. The van der Waals surface area contributed by atoms with Crippen molar-refractivity contribution in [2.24, 2.45) is 0 Å². The minimum Gasteiger partial charge on any atom is -0.322 e. The highest BCUT2D eigenvalue weighted by molar-refractivity contribution is 7.89. The van der Waals surface area contributed by atoms with Crippen molar-refractivity contribution in [1.29, 1.82) is 0 Å². The Hall–Kier alpha value is -1.60. The Morgan fingerprint density at radius 2 is 1.45 bits per heavy atom. The molecular weight excluding hydrogens is 431 g/mol. The van der Waals surface area contributed by atoms with Crippen molar-refractivity contribution in [2.75, 3.05) is 18.4 Å². The number of amides is 1. The standard InChI is InChI=1S/C21H26Cl2N2O3S/c1-3-5-14-25(15-6-4-2)29(27,28)17-12-10-16(11-13-17)24-21(26)20-18(22)8-7-9-19(20)23/h7-13H,3-6,14-15H2,1-2H3,(H,24,26). The summed E-state index contributed by atoms with van der Waals surface area (Å²) in [5.74, 6) is -0.455. The van der Waals surface area contributed by atoms with Crippen LogP contribution < -0.4 is 5.32 Å². The first-order valence-electron chi connectivity index (χ1n) is 9.66. The average molecular weight is 457 g/mol. The Labute approximate surface area is 183 Å². The molecule has 0 bridgehead atoms. The first-order valence-corrected chi connectivity index (χ1v) is 11.9. The molecule has 0 unspecified atom stereocenters. The van der Waals surface area contributed by atoms with E-state index in [4.69, 9.17) is 23.2 Å². The predicted molar refractivity (Wildman–Crippen MR) is 119 cm³/mol. The third-order valence-electron chi connectivity index (χ3n) is 4.46. The van der Waals surface area contributed by atoms with Gasteiger partial charge in [0.15, 0.2) is 0 Å². The fourth-order valence-electron chi connectivity index (χ4n) is 2.79. The smallest absolute Gasteiger partial charge is 0.258 e. The maximum atomic E-state index is 13.0. The monoisotopic (exact) mass is 456 g/mol. The lowest BCUT2D eigenvalue weighted by atomic mass is 10.2. The topological polar surface area (TPSA) is 66.5 Å². The lowest BCUT2D eigenvalue weighted by Gasteiger charge is -2.22. The Morgan fingerprint density at radius 1 is 0.931 bits per heavy atom. The summed E-state index contributed by atoms with van der Waals surface area (Å²) in [5.41, 5.74) is 0.636. The van der Waals surface area contributed by atoms with Crippen molar-refractivity contribution < 1.29 is 13.2 Å². The molecular formula is C21H26Cl2N2O3S. The zero-order chi connectivity index (χ0) is 21.4. The number of sulfonamides is 1. The lowest BCUT2D eigenvalue weighted by Crippen LogP contribution is -2.33. The number of hydrogen-bond acceptors (Lipinski definition) is 3. The molecule has 0 aliphatic rings. The number of nitrogens with one attached hydrogen (secondary N) is 1. The van der Waals surface area contributed by atoms with Gasteiger partial charge in [-0.3, -0.25) is 4.79 Å². The first-order chi connectivity index (χ1) is 13.8. The molecule has 0 heterocycles. The summed E-state index contributed by atoms with van der Waals surface area (Å²) in [6, 6.07) is 11.0. The Balaban J connectivity index is 2.18. The van der Waals surface area contributed by atoms with E-state index in [1.807, 2.05) is 13.8 Å². The van der Waals surface area contributed by atoms with Gasteiger partial charge in [-0.2, -0.15) is 4.31 Å². The van der Waals surface area contributed by atoms with Crippen LogP contribution in [0.1, 0.15) is 49.9 Å². The molecule has 0 saturated heterocycles. The highest BCUT2D eigenvalue weighted by Crippen LogP contribution is 2.26. The van der Waals surface area contributed by atoms with E-state index in [9.17, 15) is 13.2 Å². The molecule has 0 atom stereocenters. The Kier molecular flexibility index (Phi) is 8.96. The number of hydrogen-bond donors (Lipinski definition) is 1. The number of halogens is 2. The van der Waals surface area contributed by atoms with Crippen molar-refractivity contribution in [2.45, 2.75) is 44.4 Å². The molecule has 8 heteroatoms. The molecule has 0 spiro atoms. The SMILES string of the molecule is CCCCN(CCCC)S(=O)(=O)c1ccc(NC(=O)c2c(Cl)cccc2Cl)cc1. The van der Waals surface area contributed by atoms with E-state index in [2.05, 4.69) is 5.32 Å². The van der Waals surface area contributed by atoms with Gasteiger partial charge in [0, 0.05) is 18.8 Å². The maximum Gasteiger partial charge on any atom is 0.258 e. The average Bonchev–Trinajstić information content (AvgIpc) is 2.68. The third kappa shape index (κ3) is 6.19. The van der Waals surface area contributed by atoms with Crippen molar-refractivity contribution >= 4 is 44.8 Å². The van der Waals surface area contributed by atoms with Crippen molar-refractivity contribution in [3.63, 3.8) is 0 Å². The van der Waals surface area contributed by atoms with Gasteiger partial charge in [-0.25, -0.2) is 8.42 Å². The molecule has 0 fully saturated rings. The number of anilines is 1. The summed E-state index contributed by atoms with van der Waals surface area (Å²) in [6.45, 7) is 5.07. The van der Waals surface area contributed by atoms with Gasteiger partial charge in [-0.1, -0.05) is 56.0 Å². The number of nitrogens with zero attached hydrogens (tertiary/aromatic N) is 1.